The van der Waals surface area contributed by atoms with Crippen molar-refractivity contribution in [3.63, 3.8) is 0 Å². The fourth-order valence-electron chi connectivity index (χ4n) is 2.65. The molecule has 1 unspecified atom stereocenters. The lowest BCUT2D eigenvalue weighted by Gasteiger charge is -2.19. The zero-order valence-corrected chi connectivity index (χ0v) is 14.5. The molecule has 3 aromatic rings. The molecule has 0 radical (unpaired) electrons. The van der Waals surface area contributed by atoms with Crippen molar-refractivity contribution in [2.24, 2.45) is 0 Å². The van der Waals surface area contributed by atoms with E-state index in [1.54, 1.807) is 23.7 Å². The van der Waals surface area contributed by atoms with E-state index in [2.05, 4.69) is 14.9 Å². The molecule has 3 rings (SSSR count). The Morgan fingerprint density at radius 1 is 1.12 bits per heavy atom. The van der Waals surface area contributed by atoms with E-state index in [1.807, 2.05) is 55.7 Å². The molecule has 1 aromatic carbocycles. The molecule has 5 heteroatoms. The van der Waals surface area contributed by atoms with Gasteiger partial charge in [-0.15, -0.1) is 11.3 Å². The van der Waals surface area contributed by atoms with Crippen molar-refractivity contribution in [2.75, 3.05) is 13.6 Å². The van der Waals surface area contributed by atoms with Crippen LogP contribution in [-0.4, -0.2) is 39.7 Å². The van der Waals surface area contributed by atoms with Crippen LogP contribution in [0.2, 0.25) is 0 Å². The second-order valence-electron chi connectivity index (χ2n) is 5.91. The lowest BCUT2D eigenvalue weighted by atomic mass is 10.1. The number of aliphatic hydroxyl groups excluding tert-OH is 1. The summed E-state index contributed by atoms with van der Waals surface area (Å²) in [7, 11) is 2.03. The summed E-state index contributed by atoms with van der Waals surface area (Å²) >= 11 is 1.68. The first kappa shape index (κ1) is 16.8. The standard InChI is InChI=1S/C19H21N3OS/c1-22(13-17(23)11-15-5-3-2-4-6-15)14-18-12-21-19(24-18)16-7-9-20-10-8-16/h2-10,12,17,23H,11,13-14H2,1H3. The van der Waals surface area contributed by atoms with E-state index >= 15 is 0 Å². The lowest BCUT2D eigenvalue weighted by molar-refractivity contribution is 0.123. The molecule has 0 fully saturated rings. The van der Waals surface area contributed by atoms with E-state index in [4.69, 9.17) is 0 Å². The molecule has 0 amide bonds. The monoisotopic (exact) mass is 339 g/mol. The summed E-state index contributed by atoms with van der Waals surface area (Å²) in [6.07, 6.45) is 5.78. The van der Waals surface area contributed by atoms with Gasteiger partial charge >= 0.3 is 0 Å². The van der Waals surface area contributed by atoms with Gasteiger partial charge in [-0.2, -0.15) is 0 Å². The highest BCUT2D eigenvalue weighted by Crippen LogP contribution is 2.25. The number of hydrogen-bond donors (Lipinski definition) is 1. The topological polar surface area (TPSA) is 49.2 Å². The third kappa shape index (κ3) is 4.71. The average molecular weight is 339 g/mol. The zero-order chi connectivity index (χ0) is 16.8. The van der Waals surface area contributed by atoms with Crippen LogP contribution >= 0.6 is 11.3 Å². The predicted molar refractivity (Wildman–Crippen MR) is 97.8 cm³/mol. The van der Waals surface area contributed by atoms with Crippen molar-refractivity contribution >= 4 is 11.3 Å². The van der Waals surface area contributed by atoms with Crippen LogP contribution in [0.25, 0.3) is 10.6 Å². The van der Waals surface area contributed by atoms with Gasteiger partial charge in [-0.3, -0.25) is 9.88 Å². The van der Waals surface area contributed by atoms with Crippen LogP contribution in [0.4, 0.5) is 0 Å². The fourth-order valence-corrected chi connectivity index (χ4v) is 3.65. The van der Waals surface area contributed by atoms with E-state index in [-0.39, 0.29) is 6.10 Å². The number of benzene rings is 1. The van der Waals surface area contributed by atoms with Crippen LogP contribution in [0, 0.1) is 0 Å². The molecule has 0 bridgehead atoms. The van der Waals surface area contributed by atoms with E-state index in [9.17, 15) is 5.11 Å². The number of rotatable bonds is 7. The van der Waals surface area contributed by atoms with Crippen molar-refractivity contribution < 1.29 is 5.11 Å². The largest absolute Gasteiger partial charge is 0.391 e. The van der Waals surface area contributed by atoms with Crippen LogP contribution in [0.3, 0.4) is 0 Å². The highest BCUT2D eigenvalue weighted by molar-refractivity contribution is 7.15. The molecule has 4 nitrogen and oxygen atoms in total. The quantitative estimate of drug-likeness (QED) is 0.718. The van der Waals surface area contributed by atoms with E-state index < -0.39 is 0 Å². The van der Waals surface area contributed by atoms with Gasteiger partial charge in [0.25, 0.3) is 0 Å². The van der Waals surface area contributed by atoms with E-state index in [1.165, 1.54) is 4.88 Å². The fraction of sp³-hybridized carbons (Fsp3) is 0.263. The van der Waals surface area contributed by atoms with Crippen molar-refractivity contribution in [1.82, 2.24) is 14.9 Å². The van der Waals surface area contributed by atoms with Gasteiger partial charge in [0.1, 0.15) is 5.01 Å². The molecule has 0 aliphatic rings. The van der Waals surface area contributed by atoms with Gasteiger partial charge in [-0.25, -0.2) is 4.98 Å². The zero-order valence-electron chi connectivity index (χ0n) is 13.7. The van der Waals surface area contributed by atoms with E-state index in [0.717, 1.165) is 22.7 Å². The summed E-state index contributed by atoms with van der Waals surface area (Å²) in [6, 6.07) is 14.0. The minimum Gasteiger partial charge on any atom is -0.391 e. The third-order valence-corrected chi connectivity index (χ3v) is 4.77. The minimum atomic E-state index is -0.370. The number of hydrogen-bond acceptors (Lipinski definition) is 5. The van der Waals surface area contributed by atoms with E-state index in [0.29, 0.717) is 13.0 Å². The van der Waals surface area contributed by atoms with Crippen molar-refractivity contribution in [3.05, 3.63) is 71.5 Å². The summed E-state index contributed by atoms with van der Waals surface area (Å²) in [4.78, 5) is 11.8. The van der Waals surface area contributed by atoms with Crippen LogP contribution in [0.15, 0.2) is 61.1 Å². The molecule has 24 heavy (non-hydrogen) atoms. The Morgan fingerprint density at radius 3 is 2.62 bits per heavy atom. The molecule has 0 saturated heterocycles. The Balaban J connectivity index is 1.53. The number of nitrogens with zero attached hydrogens (tertiary/aromatic N) is 3. The third-order valence-electron chi connectivity index (χ3n) is 3.74. The highest BCUT2D eigenvalue weighted by atomic mass is 32.1. The first-order valence-electron chi connectivity index (χ1n) is 7.96. The summed E-state index contributed by atoms with van der Waals surface area (Å²) in [6.45, 7) is 1.42. The molecule has 0 saturated carbocycles. The first-order chi connectivity index (χ1) is 11.7. The Morgan fingerprint density at radius 2 is 1.88 bits per heavy atom. The van der Waals surface area contributed by atoms with Gasteiger partial charge in [0.2, 0.25) is 0 Å². The molecular weight excluding hydrogens is 318 g/mol. The maximum Gasteiger partial charge on any atom is 0.123 e. The normalized spacial score (nSPS) is 12.5. The number of likely N-dealkylation sites (N-methyl/N-ethyl adjacent to an activating group) is 1. The van der Waals surface area contributed by atoms with Crippen LogP contribution in [0.5, 0.6) is 0 Å². The number of aliphatic hydroxyl groups is 1. The lowest BCUT2D eigenvalue weighted by Crippen LogP contribution is -2.29. The van der Waals surface area contributed by atoms with Gasteiger partial charge < -0.3 is 5.11 Å². The highest BCUT2D eigenvalue weighted by Gasteiger charge is 2.11. The molecule has 1 atom stereocenters. The maximum absolute atomic E-state index is 10.3. The number of aromatic nitrogens is 2. The molecular formula is C19H21N3OS. The van der Waals surface area contributed by atoms with Gasteiger partial charge in [-0.1, -0.05) is 30.3 Å². The SMILES string of the molecule is CN(Cc1cnc(-c2ccncc2)s1)CC(O)Cc1ccccc1. The first-order valence-corrected chi connectivity index (χ1v) is 8.78. The molecule has 0 spiro atoms. The Hall–Kier alpha value is -2.08. The smallest absolute Gasteiger partial charge is 0.123 e. The summed E-state index contributed by atoms with van der Waals surface area (Å²) < 4.78 is 0. The minimum absolute atomic E-state index is 0.370. The van der Waals surface area contributed by atoms with Gasteiger partial charge in [-0.05, 0) is 31.2 Å². The van der Waals surface area contributed by atoms with Crippen LogP contribution in [-0.2, 0) is 13.0 Å². The van der Waals surface area contributed by atoms with Gasteiger partial charge in [0, 0.05) is 42.1 Å². The van der Waals surface area contributed by atoms with Crippen LogP contribution < -0.4 is 0 Å². The summed E-state index contributed by atoms with van der Waals surface area (Å²) in [5.74, 6) is 0. The van der Waals surface area contributed by atoms with Gasteiger partial charge in [0.15, 0.2) is 0 Å². The second-order valence-corrected chi connectivity index (χ2v) is 7.02. The molecule has 2 heterocycles. The molecule has 0 aliphatic heterocycles. The Labute approximate surface area is 146 Å². The van der Waals surface area contributed by atoms with Crippen molar-refractivity contribution in [3.8, 4) is 10.6 Å². The van der Waals surface area contributed by atoms with Crippen molar-refractivity contribution in [2.45, 2.75) is 19.1 Å². The van der Waals surface area contributed by atoms with Crippen LogP contribution in [0.1, 0.15) is 10.4 Å². The molecule has 0 aliphatic carbocycles. The summed E-state index contributed by atoms with van der Waals surface area (Å²) in [5, 5.41) is 11.3. The molecule has 2 aromatic heterocycles. The molecule has 1 N–H and O–H groups in total. The average Bonchev–Trinajstić information content (AvgIpc) is 3.04. The number of pyridine rings is 1. The summed E-state index contributed by atoms with van der Waals surface area (Å²) in [5.41, 5.74) is 2.25. The second kappa shape index (κ2) is 8.15. The Bertz CT molecular complexity index is 746. The van der Waals surface area contributed by atoms with Crippen molar-refractivity contribution in [1.29, 1.82) is 0 Å². The predicted octanol–water partition coefficient (Wildman–Crippen LogP) is 3.24. The Kier molecular flexibility index (Phi) is 5.69. The molecule has 124 valence electrons. The number of thiazole rings is 1. The van der Waals surface area contributed by atoms with Gasteiger partial charge in [0.05, 0.1) is 6.10 Å². The maximum atomic E-state index is 10.3.